The maximum atomic E-state index is 12.7. The first kappa shape index (κ1) is 18.0. The predicted molar refractivity (Wildman–Crippen MR) is 87.9 cm³/mol. The van der Waals surface area contributed by atoms with Gasteiger partial charge in [-0.1, -0.05) is 23.2 Å². The number of rotatable bonds is 6. The van der Waals surface area contributed by atoms with Gasteiger partial charge in [0.1, 0.15) is 11.6 Å². The van der Waals surface area contributed by atoms with E-state index in [0.29, 0.717) is 10.7 Å². The van der Waals surface area contributed by atoms with Gasteiger partial charge in [-0.3, -0.25) is 4.79 Å². The number of amides is 1. The zero-order valence-corrected chi connectivity index (χ0v) is 13.7. The summed E-state index contributed by atoms with van der Waals surface area (Å²) in [7, 11) is 0. The van der Waals surface area contributed by atoms with Crippen LogP contribution in [0.4, 0.5) is 10.1 Å². The Morgan fingerprint density at radius 3 is 2.42 bits per heavy atom. The van der Waals surface area contributed by atoms with E-state index in [0.717, 1.165) is 0 Å². The highest BCUT2D eigenvalue weighted by molar-refractivity contribution is 6.35. The lowest BCUT2D eigenvalue weighted by Crippen LogP contribution is -2.23. The SMILES string of the molecule is O=C(COC(=O)COc1ccc(Cl)cc1Cl)Nc1ccc(F)cc1. The fourth-order valence-corrected chi connectivity index (χ4v) is 2.11. The average molecular weight is 372 g/mol. The summed E-state index contributed by atoms with van der Waals surface area (Å²) in [6.45, 7) is -0.904. The third kappa shape index (κ3) is 5.72. The van der Waals surface area contributed by atoms with E-state index in [1.165, 1.54) is 36.4 Å². The first-order chi connectivity index (χ1) is 11.4. The molecule has 0 aromatic heterocycles. The molecule has 0 radical (unpaired) electrons. The smallest absolute Gasteiger partial charge is 0.344 e. The number of esters is 1. The molecular formula is C16H12Cl2FNO4. The molecular weight excluding hydrogens is 360 g/mol. The van der Waals surface area contributed by atoms with Gasteiger partial charge in [0.05, 0.1) is 5.02 Å². The minimum atomic E-state index is -0.740. The van der Waals surface area contributed by atoms with E-state index in [4.69, 9.17) is 32.7 Å². The van der Waals surface area contributed by atoms with Crippen LogP contribution in [0, 0.1) is 5.82 Å². The van der Waals surface area contributed by atoms with Gasteiger partial charge in [-0.25, -0.2) is 9.18 Å². The second-order valence-corrected chi connectivity index (χ2v) is 5.42. The number of hydrogen-bond donors (Lipinski definition) is 1. The van der Waals surface area contributed by atoms with Crippen LogP contribution in [-0.2, 0) is 14.3 Å². The number of carbonyl (C=O) groups excluding carboxylic acids is 2. The lowest BCUT2D eigenvalue weighted by atomic mass is 10.3. The Morgan fingerprint density at radius 1 is 1.04 bits per heavy atom. The fraction of sp³-hybridized carbons (Fsp3) is 0.125. The second kappa shape index (κ2) is 8.52. The van der Waals surface area contributed by atoms with Crippen LogP contribution >= 0.6 is 23.2 Å². The molecule has 0 aliphatic carbocycles. The van der Waals surface area contributed by atoms with Gasteiger partial charge in [0, 0.05) is 10.7 Å². The topological polar surface area (TPSA) is 64.6 Å². The minimum absolute atomic E-state index is 0.254. The van der Waals surface area contributed by atoms with Crippen molar-refractivity contribution >= 4 is 40.8 Å². The van der Waals surface area contributed by atoms with E-state index in [1.807, 2.05) is 0 Å². The molecule has 2 rings (SSSR count). The number of nitrogens with one attached hydrogen (secondary N) is 1. The van der Waals surface area contributed by atoms with Crippen molar-refractivity contribution in [3.8, 4) is 5.75 Å². The maximum absolute atomic E-state index is 12.7. The van der Waals surface area contributed by atoms with Gasteiger partial charge in [-0.05, 0) is 42.5 Å². The monoisotopic (exact) mass is 371 g/mol. The number of benzene rings is 2. The molecule has 1 N–H and O–H groups in total. The van der Waals surface area contributed by atoms with Crippen LogP contribution in [0.25, 0.3) is 0 Å². The van der Waals surface area contributed by atoms with Crippen LogP contribution in [0.2, 0.25) is 10.0 Å². The highest BCUT2D eigenvalue weighted by Crippen LogP contribution is 2.27. The van der Waals surface area contributed by atoms with Crippen molar-refractivity contribution in [3.63, 3.8) is 0 Å². The van der Waals surface area contributed by atoms with E-state index in [9.17, 15) is 14.0 Å². The molecule has 0 heterocycles. The number of hydrogen-bond acceptors (Lipinski definition) is 4. The molecule has 0 aliphatic rings. The maximum Gasteiger partial charge on any atom is 0.344 e. The predicted octanol–water partition coefficient (Wildman–Crippen LogP) is 3.69. The van der Waals surface area contributed by atoms with Crippen LogP contribution < -0.4 is 10.1 Å². The first-order valence-electron chi connectivity index (χ1n) is 6.73. The Balaban J connectivity index is 1.74. The van der Waals surface area contributed by atoms with Crippen molar-refractivity contribution in [3.05, 3.63) is 58.3 Å². The number of ether oxygens (including phenoxy) is 2. The molecule has 0 aliphatic heterocycles. The van der Waals surface area contributed by atoms with Crippen LogP contribution in [0.15, 0.2) is 42.5 Å². The summed E-state index contributed by atoms with van der Waals surface area (Å²) in [5.74, 6) is -1.44. The summed E-state index contributed by atoms with van der Waals surface area (Å²) >= 11 is 11.6. The molecule has 2 aromatic rings. The van der Waals surface area contributed by atoms with Gasteiger partial charge in [0.25, 0.3) is 5.91 Å². The number of carbonyl (C=O) groups is 2. The first-order valence-corrected chi connectivity index (χ1v) is 7.48. The molecule has 1 amide bonds. The summed E-state index contributed by atoms with van der Waals surface area (Å²) < 4.78 is 22.7. The Kier molecular flexibility index (Phi) is 6.40. The molecule has 8 heteroatoms. The summed E-state index contributed by atoms with van der Waals surface area (Å²) in [6, 6.07) is 9.72. The molecule has 0 spiro atoms. The van der Waals surface area contributed by atoms with E-state index in [1.54, 1.807) is 6.07 Å². The Labute approximate surface area is 147 Å². The normalized spacial score (nSPS) is 10.1. The molecule has 126 valence electrons. The zero-order chi connectivity index (χ0) is 17.5. The van der Waals surface area contributed by atoms with Gasteiger partial charge in [0.2, 0.25) is 0 Å². The molecule has 5 nitrogen and oxygen atoms in total. The molecule has 24 heavy (non-hydrogen) atoms. The molecule has 0 unspecified atom stereocenters. The highest BCUT2D eigenvalue weighted by Gasteiger charge is 2.10. The lowest BCUT2D eigenvalue weighted by Gasteiger charge is -2.09. The van der Waals surface area contributed by atoms with Crippen LogP contribution in [0.3, 0.4) is 0 Å². The number of halogens is 3. The Morgan fingerprint density at radius 2 is 1.75 bits per heavy atom. The van der Waals surface area contributed by atoms with Crippen molar-refractivity contribution in [1.82, 2.24) is 0 Å². The summed E-state index contributed by atoms with van der Waals surface area (Å²) in [4.78, 5) is 23.2. The second-order valence-electron chi connectivity index (χ2n) is 4.58. The quantitative estimate of drug-likeness (QED) is 0.786. The third-order valence-electron chi connectivity index (χ3n) is 2.73. The summed E-state index contributed by atoms with van der Waals surface area (Å²) in [6.07, 6.45) is 0. The fourth-order valence-electron chi connectivity index (χ4n) is 1.65. The van der Waals surface area contributed by atoms with Crippen molar-refractivity contribution in [2.75, 3.05) is 18.5 Å². The van der Waals surface area contributed by atoms with Gasteiger partial charge in [0.15, 0.2) is 13.2 Å². The van der Waals surface area contributed by atoms with E-state index >= 15 is 0 Å². The summed E-state index contributed by atoms with van der Waals surface area (Å²) in [5.41, 5.74) is 0.390. The van der Waals surface area contributed by atoms with Crippen molar-refractivity contribution in [1.29, 1.82) is 0 Å². The minimum Gasteiger partial charge on any atom is -0.480 e. The van der Waals surface area contributed by atoms with Gasteiger partial charge in [-0.2, -0.15) is 0 Å². The van der Waals surface area contributed by atoms with Gasteiger partial charge < -0.3 is 14.8 Å². The zero-order valence-electron chi connectivity index (χ0n) is 12.2. The molecule has 0 atom stereocenters. The Bertz CT molecular complexity index is 737. The van der Waals surface area contributed by atoms with Crippen LogP contribution in [0.5, 0.6) is 5.75 Å². The lowest BCUT2D eigenvalue weighted by molar-refractivity contribution is -0.149. The van der Waals surface area contributed by atoms with Crippen LogP contribution in [-0.4, -0.2) is 25.1 Å². The van der Waals surface area contributed by atoms with Crippen molar-refractivity contribution < 1.29 is 23.5 Å². The summed E-state index contributed by atoms with van der Waals surface area (Å²) in [5, 5.41) is 3.15. The van der Waals surface area contributed by atoms with E-state index in [2.05, 4.69) is 5.32 Å². The molecule has 0 bridgehead atoms. The van der Waals surface area contributed by atoms with Crippen molar-refractivity contribution in [2.24, 2.45) is 0 Å². The van der Waals surface area contributed by atoms with Crippen molar-refractivity contribution in [2.45, 2.75) is 0 Å². The van der Waals surface area contributed by atoms with E-state index in [-0.39, 0.29) is 10.8 Å². The largest absolute Gasteiger partial charge is 0.480 e. The number of anilines is 1. The third-order valence-corrected chi connectivity index (χ3v) is 3.26. The standard InChI is InChI=1S/C16H12Cl2FNO4/c17-10-1-6-14(13(18)7-10)23-9-16(22)24-8-15(21)20-12-4-2-11(19)3-5-12/h1-7H,8-9H2,(H,20,21). The molecule has 0 saturated carbocycles. The molecule has 0 fully saturated rings. The Hall–Kier alpha value is -2.31. The average Bonchev–Trinajstić information content (AvgIpc) is 2.54. The molecule has 0 saturated heterocycles. The van der Waals surface area contributed by atoms with Gasteiger partial charge in [-0.15, -0.1) is 0 Å². The van der Waals surface area contributed by atoms with Gasteiger partial charge >= 0.3 is 5.97 Å². The molecule has 2 aromatic carbocycles. The van der Waals surface area contributed by atoms with Crippen LogP contribution in [0.1, 0.15) is 0 Å². The van der Waals surface area contributed by atoms with E-state index < -0.39 is 30.9 Å². The highest BCUT2D eigenvalue weighted by atomic mass is 35.5.